The van der Waals surface area contributed by atoms with Crippen molar-refractivity contribution in [2.24, 2.45) is 10.2 Å². The van der Waals surface area contributed by atoms with Crippen molar-refractivity contribution in [3.63, 3.8) is 0 Å². The van der Waals surface area contributed by atoms with Crippen LogP contribution in [0.25, 0.3) is 0 Å². The third kappa shape index (κ3) is 3.53. The molecule has 0 saturated carbocycles. The van der Waals surface area contributed by atoms with Crippen LogP contribution in [0, 0.1) is 0 Å². The maximum atomic E-state index is 3.87. The van der Waals surface area contributed by atoms with Gasteiger partial charge in [0.05, 0.1) is 6.04 Å². The minimum absolute atomic E-state index is 0.303. The van der Waals surface area contributed by atoms with Crippen LogP contribution in [0.5, 0.6) is 0 Å². The van der Waals surface area contributed by atoms with Crippen molar-refractivity contribution < 1.29 is 0 Å². The lowest BCUT2D eigenvalue weighted by Crippen LogP contribution is -1.92. The molecule has 0 rings (SSSR count). The van der Waals surface area contributed by atoms with Gasteiger partial charge in [0.25, 0.3) is 0 Å². The smallest absolute Gasteiger partial charge is 0.0714 e. The van der Waals surface area contributed by atoms with Gasteiger partial charge >= 0.3 is 0 Å². The van der Waals surface area contributed by atoms with Gasteiger partial charge in [0, 0.05) is 7.05 Å². The lowest BCUT2D eigenvalue weighted by molar-refractivity contribution is 0.708. The SMILES string of the molecule is C=CC[C@H](C)/N=N\C. The van der Waals surface area contributed by atoms with Crippen LogP contribution >= 0.6 is 0 Å². The monoisotopic (exact) mass is 112 g/mol. The van der Waals surface area contributed by atoms with E-state index >= 15 is 0 Å². The zero-order valence-corrected chi connectivity index (χ0v) is 5.46. The molecule has 2 heteroatoms. The topological polar surface area (TPSA) is 24.7 Å². The fourth-order valence-electron chi connectivity index (χ4n) is 0.485. The van der Waals surface area contributed by atoms with Crippen molar-refractivity contribution >= 4 is 0 Å². The van der Waals surface area contributed by atoms with E-state index in [1.54, 1.807) is 7.05 Å². The molecule has 0 N–H and O–H groups in total. The normalized spacial score (nSPS) is 14.2. The van der Waals surface area contributed by atoms with Crippen molar-refractivity contribution in [1.29, 1.82) is 0 Å². The number of azo groups is 1. The Bertz CT molecular complexity index is 86.5. The molecule has 46 valence electrons. The molecule has 0 fully saturated rings. The summed E-state index contributed by atoms with van der Waals surface area (Å²) in [6.07, 6.45) is 2.76. The summed E-state index contributed by atoms with van der Waals surface area (Å²) in [4.78, 5) is 0. The number of hydrogen-bond acceptors (Lipinski definition) is 2. The highest BCUT2D eigenvalue weighted by Crippen LogP contribution is 1.95. The van der Waals surface area contributed by atoms with Gasteiger partial charge in [-0.1, -0.05) is 6.08 Å². The highest BCUT2D eigenvalue weighted by atomic mass is 15.1. The Hall–Kier alpha value is -0.660. The molecule has 0 heterocycles. The highest BCUT2D eigenvalue weighted by Gasteiger charge is 1.90. The largest absolute Gasteiger partial charge is 0.197 e. The van der Waals surface area contributed by atoms with Gasteiger partial charge in [0.1, 0.15) is 0 Å². The molecule has 0 aromatic carbocycles. The number of nitrogens with zero attached hydrogens (tertiary/aromatic N) is 2. The number of hydrogen-bond donors (Lipinski definition) is 0. The van der Waals surface area contributed by atoms with Gasteiger partial charge in [0.2, 0.25) is 0 Å². The Labute approximate surface area is 50.3 Å². The van der Waals surface area contributed by atoms with Gasteiger partial charge in [-0.05, 0) is 13.3 Å². The van der Waals surface area contributed by atoms with E-state index < -0.39 is 0 Å². The van der Waals surface area contributed by atoms with Crippen molar-refractivity contribution in [3.8, 4) is 0 Å². The van der Waals surface area contributed by atoms with Gasteiger partial charge in [-0.15, -0.1) is 6.58 Å². The Morgan fingerprint density at radius 2 is 2.38 bits per heavy atom. The van der Waals surface area contributed by atoms with E-state index in [1.807, 2.05) is 13.0 Å². The van der Waals surface area contributed by atoms with Crippen molar-refractivity contribution in [2.45, 2.75) is 19.4 Å². The molecular formula is C6H12N2. The Balaban J connectivity index is 3.31. The molecule has 0 bridgehead atoms. The molecule has 0 saturated heterocycles. The van der Waals surface area contributed by atoms with E-state index in [4.69, 9.17) is 0 Å². The lowest BCUT2D eigenvalue weighted by Gasteiger charge is -1.95. The minimum atomic E-state index is 0.303. The zero-order chi connectivity index (χ0) is 6.41. The summed E-state index contributed by atoms with van der Waals surface area (Å²) in [6.45, 7) is 5.59. The molecule has 0 aliphatic heterocycles. The fourth-order valence-corrected chi connectivity index (χ4v) is 0.485. The van der Waals surface area contributed by atoms with E-state index in [0.29, 0.717) is 6.04 Å². The van der Waals surface area contributed by atoms with Crippen LogP contribution < -0.4 is 0 Å². The molecule has 0 aliphatic rings. The summed E-state index contributed by atoms with van der Waals surface area (Å²) in [7, 11) is 1.68. The third-order valence-electron chi connectivity index (χ3n) is 0.820. The van der Waals surface area contributed by atoms with Gasteiger partial charge in [0.15, 0.2) is 0 Å². The standard InChI is InChI=1S/C6H12N2/c1-4-5-6(2)8-7-3/h4,6H,1,5H2,2-3H3/b8-7-/t6-/m0/s1. The summed E-state index contributed by atoms with van der Waals surface area (Å²) in [5, 5.41) is 7.50. The van der Waals surface area contributed by atoms with Gasteiger partial charge in [-0.2, -0.15) is 10.2 Å². The van der Waals surface area contributed by atoms with Crippen LogP contribution in [0.3, 0.4) is 0 Å². The molecule has 0 aliphatic carbocycles. The molecule has 8 heavy (non-hydrogen) atoms. The first-order valence-corrected chi connectivity index (χ1v) is 2.71. The molecule has 0 amide bonds. The predicted octanol–water partition coefficient (Wildman–Crippen LogP) is 2.03. The lowest BCUT2D eigenvalue weighted by atomic mass is 10.2. The maximum Gasteiger partial charge on any atom is 0.0714 e. The van der Waals surface area contributed by atoms with Crippen LogP contribution in [0.1, 0.15) is 13.3 Å². The molecular weight excluding hydrogens is 100 g/mol. The average molecular weight is 112 g/mol. The van der Waals surface area contributed by atoms with Gasteiger partial charge in [-0.3, -0.25) is 0 Å². The molecule has 1 atom stereocenters. The van der Waals surface area contributed by atoms with Crippen LogP contribution in [0.2, 0.25) is 0 Å². The first kappa shape index (κ1) is 7.34. The first-order chi connectivity index (χ1) is 3.81. The van der Waals surface area contributed by atoms with Crippen molar-refractivity contribution in [2.75, 3.05) is 7.05 Å². The quantitative estimate of drug-likeness (QED) is 0.394. The van der Waals surface area contributed by atoms with Crippen molar-refractivity contribution in [1.82, 2.24) is 0 Å². The van der Waals surface area contributed by atoms with Crippen LogP contribution in [-0.4, -0.2) is 13.1 Å². The molecule has 0 unspecified atom stereocenters. The maximum absolute atomic E-state index is 3.87. The van der Waals surface area contributed by atoms with Crippen molar-refractivity contribution in [3.05, 3.63) is 12.7 Å². The Kier molecular flexibility index (Phi) is 4.13. The third-order valence-corrected chi connectivity index (χ3v) is 0.820. The number of rotatable bonds is 3. The van der Waals surface area contributed by atoms with E-state index in [2.05, 4.69) is 16.8 Å². The van der Waals surface area contributed by atoms with E-state index in [1.165, 1.54) is 0 Å². The first-order valence-electron chi connectivity index (χ1n) is 2.71. The second-order valence-corrected chi connectivity index (χ2v) is 1.69. The Morgan fingerprint density at radius 3 is 2.75 bits per heavy atom. The van der Waals surface area contributed by atoms with E-state index in [9.17, 15) is 0 Å². The molecule has 0 aromatic heterocycles. The predicted molar refractivity (Wildman–Crippen MR) is 35.1 cm³/mol. The van der Waals surface area contributed by atoms with Gasteiger partial charge in [-0.25, -0.2) is 0 Å². The summed E-state index contributed by atoms with van der Waals surface area (Å²) < 4.78 is 0. The van der Waals surface area contributed by atoms with Gasteiger partial charge < -0.3 is 0 Å². The summed E-state index contributed by atoms with van der Waals surface area (Å²) in [5.74, 6) is 0. The highest BCUT2D eigenvalue weighted by molar-refractivity contribution is 4.72. The zero-order valence-electron chi connectivity index (χ0n) is 5.46. The fraction of sp³-hybridized carbons (Fsp3) is 0.667. The second kappa shape index (κ2) is 4.50. The van der Waals surface area contributed by atoms with Crippen LogP contribution in [0.15, 0.2) is 22.9 Å². The molecule has 0 radical (unpaired) electrons. The molecule has 2 nitrogen and oxygen atoms in total. The summed E-state index contributed by atoms with van der Waals surface area (Å²) in [6, 6.07) is 0.303. The second-order valence-electron chi connectivity index (χ2n) is 1.69. The van der Waals surface area contributed by atoms with Crippen LogP contribution in [-0.2, 0) is 0 Å². The van der Waals surface area contributed by atoms with E-state index in [-0.39, 0.29) is 0 Å². The molecule has 0 aromatic rings. The Morgan fingerprint density at radius 1 is 1.75 bits per heavy atom. The minimum Gasteiger partial charge on any atom is -0.197 e. The average Bonchev–Trinajstić information content (AvgIpc) is 1.68. The summed E-state index contributed by atoms with van der Waals surface area (Å²) >= 11 is 0. The molecule has 0 spiro atoms. The van der Waals surface area contributed by atoms with E-state index in [0.717, 1.165) is 6.42 Å². The van der Waals surface area contributed by atoms with Crippen LogP contribution in [0.4, 0.5) is 0 Å². The summed E-state index contributed by atoms with van der Waals surface area (Å²) in [5.41, 5.74) is 0.